The summed E-state index contributed by atoms with van der Waals surface area (Å²) in [6.07, 6.45) is 15.8. The Morgan fingerprint density at radius 3 is 1.92 bits per heavy atom. The molecule has 0 spiro atoms. The summed E-state index contributed by atoms with van der Waals surface area (Å²) in [5.41, 5.74) is 4.70. The highest BCUT2D eigenvalue weighted by Crippen LogP contribution is 2.44. The van der Waals surface area contributed by atoms with Crippen molar-refractivity contribution in [2.45, 2.75) is 134 Å². The lowest BCUT2D eigenvalue weighted by Gasteiger charge is -2.18. The Balaban J connectivity index is 1.48. The van der Waals surface area contributed by atoms with Gasteiger partial charge in [0.15, 0.2) is 6.23 Å². The molecule has 0 aliphatic carbocycles. The number of aliphatic hydroxyl groups excluding tert-OH is 2. The third kappa shape index (κ3) is 13.3. The van der Waals surface area contributed by atoms with Crippen LogP contribution in [0.15, 0.2) is 17.1 Å². The average molecular weight is 576 g/mol. The predicted octanol–water partition coefficient (Wildman–Crippen LogP) is 4.84. The van der Waals surface area contributed by atoms with E-state index in [0.29, 0.717) is 6.42 Å². The number of nitrogen functional groups attached to an aromatic ring is 1. The number of anilines is 1. The summed E-state index contributed by atoms with van der Waals surface area (Å²) in [6.45, 7) is 1.83. The molecular weight excluding hydrogens is 525 g/mol. The van der Waals surface area contributed by atoms with Crippen molar-refractivity contribution in [1.29, 1.82) is 0 Å². The van der Waals surface area contributed by atoms with Crippen molar-refractivity contribution in [3.05, 3.63) is 22.7 Å². The standard InChI is InChI=1S/C27H50N3O8P/c1-2-3-4-5-6-7-8-9-10-11-12-13-14-15-16-17-20-36-39(34,35)37-21-22-24(31)25(32)26(38-22)30-19-18-23(28)29-27(30)33/h18-19,22,24-26,31-32H,2-17,20-21H2,1H3,(H,34,35)(H2,28,29,33). The molecule has 5 unspecified atom stereocenters. The van der Waals surface area contributed by atoms with Crippen LogP contribution in [0, 0.1) is 0 Å². The van der Waals surface area contributed by atoms with Crippen molar-refractivity contribution in [2.24, 2.45) is 0 Å². The zero-order chi connectivity index (χ0) is 28.5. The van der Waals surface area contributed by atoms with Gasteiger partial charge in [-0.15, -0.1) is 0 Å². The first-order valence-electron chi connectivity index (χ1n) is 14.7. The highest BCUT2D eigenvalue weighted by Gasteiger charge is 2.45. The third-order valence-electron chi connectivity index (χ3n) is 7.12. The van der Waals surface area contributed by atoms with E-state index in [0.717, 1.165) is 23.8 Å². The highest BCUT2D eigenvalue weighted by atomic mass is 31.2. The minimum atomic E-state index is -4.36. The van der Waals surface area contributed by atoms with E-state index in [1.54, 1.807) is 0 Å². The van der Waals surface area contributed by atoms with Gasteiger partial charge in [0.2, 0.25) is 0 Å². The van der Waals surface area contributed by atoms with Crippen molar-refractivity contribution < 1.29 is 33.5 Å². The fourth-order valence-corrected chi connectivity index (χ4v) is 5.52. The lowest BCUT2D eigenvalue weighted by Crippen LogP contribution is -2.36. The molecule has 1 aromatic heterocycles. The fraction of sp³-hybridized carbons (Fsp3) is 0.852. The van der Waals surface area contributed by atoms with Crippen LogP contribution >= 0.6 is 7.82 Å². The monoisotopic (exact) mass is 575 g/mol. The predicted molar refractivity (Wildman–Crippen MR) is 150 cm³/mol. The van der Waals surface area contributed by atoms with Gasteiger partial charge < -0.3 is 25.6 Å². The first-order chi connectivity index (χ1) is 18.7. The second-order valence-corrected chi connectivity index (χ2v) is 11.9. The van der Waals surface area contributed by atoms with E-state index in [4.69, 9.17) is 19.5 Å². The maximum Gasteiger partial charge on any atom is 0.472 e. The second kappa shape index (κ2) is 18.9. The number of aromatic nitrogens is 2. The number of unbranched alkanes of at least 4 members (excludes halogenated alkanes) is 15. The van der Waals surface area contributed by atoms with Gasteiger partial charge in [-0.1, -0.05) is 103 Å². The maximum absolute atomic E-state index is 12.2. The number of hydrogen-bond acceptors (Lipinski definition) is 9. The van der Waals surface area contributed by atoms with Gasteiger partial charge in [-0.3, -0.25) is 13.6 Å². The number of aliphatic hydroxyl groups is 2. The van der Waals surface area contributed by atoms with E-state index in [-0.39, 0.29) is 12.4 Å². The normalized spacial score (nSPS) is 22.8. The summed E-state index contributed by atoms with van der Waals surface area (Å²) in [7, 11) is -4.36. The Bertz CT molecular complexity index is 902. The molecule has 1 fully saturated rings. The molecule has 5 atom stereocenters. The van der Waals surface area contributed by atoms with Crippen LogP contribution in [0.3, 0.4) is 0 Å². The number of hydrogen-bond donors (Lipinski definition) is 4. The number of nitrogens with two attached hydrogens (primary N) is 1. The van der Waals surface area contributed by atoms with Crippen LogP contribution in [0.1, 0.15) is 116 Å². The lowest BCUT2D eigenvalue weighted by molar-refractivity contribution is -0.0551. The molecular formula is C27H50N3O8P. The molecule has 12 heteroatoms. The molecule has 39 heavy (non-hydrogen) atoms. The molecule has 2 rings (SSSR count). The van der Waals surface area contributed by atoms with E-state index < -0.39 is 44.7 Å². The van der Waals surface area contributed by atoms with Gasteiger partial charge in [0, 0.05) is 6.20 Å². The van der Waals surface area contributed by atoms with Crippen LogP contribution in [0.25, 0.3) is 0 Å². The van der Waals surface area contributed by atoms with E-state index in [1.165, 1.54) is 89.3 Å². The molecule has 0 aromatic carbocycles. The summed E-state index contributed by atoms with van der Waals surface area (Å²) < 4.78 is 28.7. The number of phosphoric acid groups is 1. The summed E-state index contributed by atoms with van der Waals surface area (Å²) >= 11 is 0. The topological polar surface area (TPSA) is 166 Å². The summed E-state index contributed by atoms with van der Waals surface area (Å²) in [4.78, 5) is 25.5. The Kier molecular flexibility index (Phi) is 16.4. The first kappa shape index (κ1) is 33.9. The SMILES string of the molecule is CCCCCCCCCCCCCCCCCCOP(=O)(O)OCC1OC(n2ccc(N)nc2=O)C(O)C1O. The Morgan fingerprint density at radius 1 is 0.897 bits per heavy atom. The van der Waals surface area contributed by atoms with Crippen LogP contribution in [0.2, 0.25) is 0 Å². The summed E-state index contributed by atoms with van der Waals surface area (Å²) in [6, 6.07) is 1.35. The Labute approximate surface area is 232 Å². The van der Waals surface area contributed by atoms with Crippen molar-refractivity contribution in [2.75, 3.05) is 18.9 Å². The van der Waals surface area contributed by atoms with Crippen LogP contribution in [0.5, 0.6) is 0 Å². The van der Waals surface area contributed by atoms with Gasteiger partial charge in [-0.25, -0.2) is 9.36 Å². The fourth-order valence-electron chi connectivity index (χ4n) is 4.75. The lowest BCUT2D eigenvalue weighted by atomic mass is 10.0. The molecule has 226 valence electrons. The molecule has 2 heterocycles. The molecule has 0 saturated carbocycles. The Hall–Kier alpha value is -1.33. The molecule has 1 saturated heterocycles. The van der Waals surface area contributed by atoms with Gasteiger partial charge in [-0.05, 0) is 12.5 Å². The van der Waals surface area contributed by atoms with Gasteiger partial charge in [0.05, 0.1) is 13.2 Å². The third-order valence-corrected chi connectivity index (χ3v) is 8.10. The quantitative estimate of drug-likeness (QED) is 0.111. The zero-order valence-corrected chi connectivity index (χ0v) is 24.4. The first-order valence-corrected chi connectivity index (χ1v) is 16.2. The van der Waals surface area contributed by atoms with E-state index in [2.05, 4.69) is 11.9 Å². The highest BCUT2D eigenvalue weighted by molar-refractivity contribution is 7.47. The Morgan fingerprint density at radius 2 is 1.41 bits per heavy atom. The molecule has 1 aromatic rings. The number of phosphoric ester groups is 1. The molecule has 0 radical (unpaired) electrons. The van der Waals surface area contributed by atoms with Crippen LogP contribution < -0.4 is 11.4 Å². The van der Waals surface area contributed by atoms with Crippen LogP contribution in [-0.4, -0.2) is 56.2 Å². The minimum absolute atomic E-state index is 0.00637. The van der Waals surface area contributed by atoms with E-state index >= 15 is 0 Å². The zero-order valence-electron chi connectivity index (χ0n) is 23.5. The van der Waals surface area contributed by atoms with Crippen LogP contribution in [-0.2, 0) is 18.3 Å². The van der Waals surface area contributed by atoms with E-state index in [9.17, 15) is 24.5 Å². The molecule has 11 nitrogen and oxygen atoms in total. The molecule has 1 aliphatic heterocycles. The van der Waals surface area contributed by atoms with Gasteiger partial charge in [-0.2, -0.15) is 4.98 Å². The second-order valence-electron chi connectivity index (χ2n) is 10.5. The van der Waals surface area contributed by atoms with Gasteiger partial charge >= 0.3 is 13.5 Å². The molecule has 1 aliphatic rings. The maximum atomic E-state index is 12.2. The summed E-state index contributed by atoms with van der Waals surface area (Å²) in [5.74, 6) is 0.00637. The summed E-state index contributed by atoms with van der Waals surface area (Å²) in [5, 5.41) is 20.5. The van der Waals surface area contributed by atoms with Crippen molar-refractivity contribution in [3.63, 3.8) is 0 Å². The van der Waals surface area contributed by atoms with Crippen molar-refractivity contribution >= 4 is 13.6 Å². The number of nitrogens with zero attached hydrogens (tertiary/aromatic N) is 2. The van der Waals surface area contributed by atoms with E-state index in [1.807, 2.05) is 0 Å². The molecule has 0 amide bonds. The largest absolute Gasteiger partial charge is 0.472 e. The van der Waals surface area contributed by atoms with Crippen molar-refractivity contribution in [1.82, 2.24) is 9.55 Å². The number of ether oxygens (including phenoxy) is 1. The van der Waals surface area contributed by atoms with Crippen molar-refractivity contribution in [3.8, 4) is 0 Å². The van der Waals surface area contributed by atoms with Gasteiger partial charge in [0.1, 0.15) is 24.1 Å². The number of rotatable bonds is 22. The average Bonchev–Trinajstić information content (AvgIpc) is 3.18. The molecule has 5 N–H and O–H groups in total. The smallest absolute Gasteiger partial charge is 0.387 e. The molecule has 0 bridgehead atoms. The minimum Gasteiger partial charge on any atom is -0.387 e. The van der Waals surface area contributed by atoms with Gasteiger partial charge in [0.25, 0.3) is 0 Å². The van der Waals surface area contributed by atoms with Crippen LogP contribution in [0.4, 0.5) is 5.82 Å².